The number of aliphatic hydroxyl groups excluding tert-OH is 1. The first-order valence-electron chi connectivity index (χ1n) is 6.15. The number of rotatable bonds is 5. The summed E-state index contributed by atoms with van der Waals surface area (Å²) in [4.78, 5) is 14.4. The van der Waals surface area contributed by atoms with E-state index in [0.717, 1.165) is 0 Å². The Hall–Kier alpha value is -2.67. The van der Waals surface area contributed by atoms with Gasteiger partial charge in [0.25, 0.3) is 0 Å². The van der Waals surface area contributed by atoms with Gasteiger partial charge < -0.3 is 14.6 Å². The fourth-order valence-corrected chi connectivity index (χ4v) is 1.71. The molecule has 0 saturated heterocycles. The van der Waals surface area contributed by atoms with Crippen LogP contribution in [-0.4, -0.2) is 22.1 Å². The van der Waals surface area contributed by atoms with Crippen LogP contribution in [0.25, 0.3) is 0 Å². The Morgan fingerprint density at radius 2 is 2.10 bits per heavy atom. The van der Waals surface area contributed by atoms with Crippen LogP contribution in [0.15, 0.2) is 36.5 Å². The molecule has 0 amide bonds. The second kappa shape index (κ2) is 6.19. The van der Waals surface area contributed by atoms with E-state index in [-0.39, 0.29) is 17.3 Å². The van der Waals surface area contributed by atoms with Gasteiger partial charge in [0.2, 0.25) is 11.6 Å². The quantitative estimate of drug-likeness (QED) is 0.672. The lowest BCUT2D eigenvalue weighted by atomic mass is 10.2. The molecular formula is C14H14N2O5. The number of benzene rings is 1. The zero-order chi connectivity index (χ0) is 15.4. The van der Waals surface area contributed by atoms with Gasteiger partial charge in [-0.15, -0.1) is 0 Å². The molecule has 1 heterocycles. The van der Waals surface area contributed by atoms with E-state index < -0.39 is 11.0 Å². The maximum absolute atomic E-state index is 11.0. The smallest absolute Gasteiger partial charge is 0.311 e. The van der Waals surface area contributed by atoms with Crippen LogP contribution < -0.4 is 9.47 Å². The van der Waals surface area contributed by atoms with Crippen LogP contribution in [0.1, 0.15) is 18.6 Å². The Kier molecular flexibility index (Phi) is 4.34. The molecule has 1 aromatic carbocycles. The van der Waals surface area contributed by atoms with Crippen molar-refractivity contribution in [3.8, 4) is 17.4 Å². The van der Waals surface area contributed by atoms with E-state index in [9.17, 15) is 15.2 Å². The molecule has 0 radical (unpaired) electrons. The number of hydrogen-bond donors (Lipinski definition) is 1. The predicted octanol–water partition coefficient (Wildman–Crippen LogP) is 2.84. The molecule has 1 N–H and O–H groups in total. The number of ether oxygens (including phenoxy) is 2. The molecule has 7 nitrogen and oxygen atoms in total. The molecule has 2 aromatic rings. The first kappa shape index (κ1) is 14.7. The molecule has 0 aliphatic heterocycles. The normalized spacial score (nSPS) is 11.8. The molecule has 1 atom stereocenters. The van der Waals surface area contributed by atoms with Crippen LogP contribution >= 0.6 is 0 Å². The second-order valence-electron chi connectivity index (χ2n) is 4.30. The minimum atomic E-state index is -0.685. The van der Waals surface area contributed by atoms with E-state index in [1.54, 1.807) is 13.0 Å². The van der Waals surface area contributed by atoms with Crippen LogP contribution in [-0.2, 0) is 0 Å². The van der Waals surface area contributed by atoms with Gasteiger partial charge in [0.05, 0.1) is 18.1 Å². The van der Waals surface area contributed by atoms with Crippen molar-refractivity contribution in [1.29, 1.82) is 0 Å². The van der Waals surface area contributed by atoms with E-state index in [4.69, 9.17) is 9.47 Å². The summed E-state index contributed by atoms with van der Waals surface area (Å²) in [5, 5.41) is 20.5. The number of hydrogen-bond acceptors (Lipinski definition) is 6. The highest BCUT2D eigenvalue weighted by molar-refractivity contribution is 5.52. The third kappa shape index (κ3) is 3.46. The van der Waals surface area contributed by atoms with Gasteiger partial charge in [-0.3, -0.25) is 10.1 Å². The number of aromatic nitrogens is 1. The fraction of sp³-hybridized carbons (Fsp3) is 0.214. The van der Waals surface area contributed by atoms with E-state index in [1.165, 1.54) is 37.6 Å². The summed E-state index contributed by atoms with van der Waals surface area (Å²) >= 11 is 0. The number of pyridine rings is 1. The lowest BCUT2D eigenvalue weighted by Gasteiger charge is -2.09. The Morgan fingerprint density at radius 1 is 1.33 bits per heavy atom. The molecule has 0 fully saturated rings. The largest absolute Gasteiger partial charge is 0.497 e. The Bertz CT molecular complexity index is 658. The van der Waals surface area contributed by atoms with Gasteiger partial charge in [-0.25, -0.2) is 4.98 Å². The van der Waals surface area contributed by atoms with Gasteiger partial charge in [0, 0.05) is 24.4 Å². The third-order valence-corrected chi connectivity index (χ3v) is 2.82. The molecule has 0 aliphatic carbocycles. The standard InChI is InChI=1S/C14H14N2O5/c1-9(17)10-5-6-15-14(7-10)21-13-8-11(20-2)3-4-12(13)16(18)19/h3-9,17H,1-2H3/t9-/m0/s1. The van der Waals surface area contributed by atoms with Gasteiger partial charge in [-0.1, -0.05) is 0 Å². The average molecular weight is 290 g/mol. The zero-order valence-corrected chi connectivity index (χ0v) is 11.5. The van der Waals surface area contributed by atoms with Crippen molar-refractivity contribution < 1.29 is 19.5 Å². The summed E-state index contributed by atoms with van der Waals surface area (Å²) in [5.41, 5.74) is 0.408. The zero-order valence-electron chi connectivity index (χ0n) is 11.5. The fourth-order valence-electron chi connectivity index (χ4n) is 1.71. The van der Waals surface area contributed by atoms with Crippen LogP contribution in [0.3, 0.4) is 0 Å². The molecule has 0 bridgehead atoms. The van der Waals surface area contributed by atoms with Crippen LogP contribution in [0.4, 0.5) is 5.69 Å². The highest BCUT2D eigenvalue weighted by Gasteiger charge is 2.17. The number of nitro benzene ring substituents is 1. The van der Waals surface area contributed by atoms with E-state index >= 15 is 0 Å². The maximum atomic E-state index is 11.0. The second-order valence-corrected chi connectivity index (χ2v) is 4.30. The minimum absolute atomic E-state index is 0.0228. The van der Waals surface area contributed by atoms with Crippen molar-refractivity contribution in [3.63, 3.8) is 0 Å². The Morgan fingerprint density at radius 3 is 2.71 bits per heavy atom. The van der Waals surface area contributed by atoms with Gasteiger partial charge in [0.1, 0.15) is 5.75 Å². The lowest BCUT2D eigenvalue weighted by molar-refractivity contribution is -0.385. The van der Waals surface area contributed by atoms with Gasteiger partial charge in [-0.05, 0) is 24.6 Å². The van der Waals surface area contributed by atoms with Crippen molar-refractivity contribution in [2.75, 3.05) is 7.11 Å². The lowest BCUT2D eigenvalue weighted by Crippen LogP contribution is -1.97. The van der Waals surface area contributed by atoms with Crippen molar-refractivity contribution in [2.45, 2.75) is 13.0 Å². The first-order valence-corrected chi connectivity index (χ1v) is 6.15. The molecular weight excluding hydrogens is 276 g/mol. The molecule has 7 heteroatoms. The van der Waals surface area contributed by atoms with Gasteiger partial charge in [0.15, 0.2) is 0 Å². The van der Waals surface area contributed by atoms with E-state index in [2.05, 4.69) is 4.98 Å². The molecule has 110 valence electrons. The minimum Gasteiger partial charge on any atom is -0.497 e. The van der Waals surface area contributed by atoms with Gasteiger partial charge >= 0.3 is 5.69 Å². The molecule has 2 rings (SSSR count). The summed E-state index contributed by atoms with van der Waals surface area (Å²) in [6.45, 7) is 1.60. The molecule has 21 heavy (non-hydrogen) atoms. The van der Waals surface area contributed by atoms with Crippen molar-refractivity contribution in [1.82, 2.24) is 4.98 Å². The Labute approximate surface area is 120 Å². The van der Waals surface area contributed by atoms with Crippen molar-refractivity contribution in [3.05, 3.63) is 52.2 Å². The molecule has 0 saturated carbocycles. The summed E-state index contributed by atoms with van der Waals surface area (Å²) in [5.74, 6) is 0.613. The summed E-state index contributed by atoms with van der Waals surface area (Å²) < 4.78 is 10.5. The van der Waals surface area contributed by atoms with Crippen molar-refractivity contribution >= 4 is 5.69 Å². The van der Waals surface area contributed by atoms with Crippen LogP contribution in [0.2, 0.25) is 0 Å². The average Bonchev–Trinajstić information content (AvgIpc) is 2.47. The maximum Gasteiger partial charge on any atom is 0.311 e. The summed E-state index contributed by atoms with van der Waals surface area (Å²) in [6.07, 6.45) is 0.777. The van der Waals surface area contributed by atoms with E-state index in [0.29, 0.717) is 11.3 Å². The van der Waals surface area contributed by atoms with E-state index in [1.807, 2.05) is 0 Å². The third-order valence-electron chi connectivity index (χ3n) is 2.82. The highest BCUT2D eigenvalue weighted by Crippen LogP contribution is 2.34. The SMILES string of the molecule is COc1ccc([N+](=O)[O-])c(Oc2cc([C@H](C)O)ccn2)c1. The topological polar surface area (TPSA) is 94.7 Å². The molecule has 0 aliphatic rings. The summed E-state index contributed by atoms with van der Waals surface area (Å²) in [7, 11) is 1.46. The molecule has 0 unspecified atom stereocenters. The Balaban J connectivity index is 2.38. The number of methoxy groups -OCH3 is 1. The first-order chi connectivity index (χ1) is 10.0. The monoisotopic (exact) mass is 290 g/mol. The van der Waals surface area contributed by atoms with Crippen LogP contribution in [0.5, 0.6) is 17.4 Å². The van der Waals surface area contributed by atoms with Gasteiger partial charge in [-0.2, -0.15) is 0 Å². The number of nitro groups is 1. The molecule has 0 spiro atoms. The number of aliphatic hydroxyl groups is 1. The predicted molar refractivity (Wildman–Crippen MR) is 74.6 cm³/mol. The molecule has 1 aromatic heterocycles. The van der Waals surface area contributed by atoms with Crippen molar-refractivity contribution in [2.24, 2.45) is 0 Å². The number of nitrogens with zero attached hydrogens (tertiary/aromatic N) is 2. The summed E-state index contributed by atoms with van der Waals surface area (Å²) in [6, 6.07) is 7.34. The van der Waals surface area contributed by atoms with Crippen LogP contribution in [0, 0.1) is 10.1 Å². The highest BCUT2D eigenvalue weighted by atomic mass is 16.6.